The zero-order chi connectivity index (χ0) is 11.3. The summed E-state index contributed by atoms with van der Waals surface area (Å²) < 4.78 is 11.4. The van der Waals surface area contributed by atoms with Crippen LogP contribution < -0.4 is 0 Å². The van der Waals surface area contributed by atoms with Crippen LogP contribution in [0.15, 0.2) is 30.3 Å². The fourth-order valence-corrected chi connectivity index (χ4v) is 2.23. The lowest BCUT2D eigenvalue weighted by molar-refractivity contribution is -0.0535. The van der Waals surface area contributed by atoms with E-state index < -0.39 is 0 Å². The Morgan fingerprint density at radius 3 is 2.75 bits per heavy atom. The Bertz CT molecular complexity index is 307. The van der Waals surface area contributed by atoms with Crippen molar-refractivity contribution in [3.05, 3.63) is 35.9 Å². The van der Waals surface area contributed by atoms with Crippen molar-refractivity contribution in [2.45, 2.75) is 25.0 Å². The number of alkyl halides is 1. The van der Waals surface area contributed by atoms with E-state index in [0.29, 0.717) is 19.1 Å². The average molecular weight is 241 g/mol. The van der Waals surface area contributed by atoms with Gasteiger partial charge in [-0.1, -0.05) is 30.3 Å². The third kappa shape index (κ3) is 2.97. The normalized spacial score (nSPS) is 24.8. The van der Waals surface area contributed by atoms with Gasteiger partial charge < -0.3 is 9.47 Å². The standard InChI is InChI=1S/C13H17ClO2/c14-10-13(7-4-8-16-13)11-15-9-12-5-2-1-3-6-12/h1-3,5-6H,4,7-11H2/t13-/m1/s1. The second kappa shape index (κ2) is 5.67. The van der Waals surface area contributed by atoms with Crippen molar-refractivity contribution in [3.8, 4) is 0 Å². The molecule has 0 spiro atoms. The molecule has 3 heteroatoms. The minimum atomic E-state index is -0.240. The minimum absolute atomic E-state index is 0.240. The minimum Gasteiger partial charge on any atom is -0.374 e. The zero-order valence-corrected chi connectivity index (χ0v) is 10.1. The molecular weight excluding hydrogens is 224 g/mol. The Kier molecular flexibility index (Phi) is 4.22. The van der Waals surface area contributed by atoms with E-state index in [0.717, 1.165) is 19.4 Å². The fraction of sp³-hybridized carbons (Fsp3) is 0.538. The fourth-order valence-electron chi connectivity index (χ4n) is 1.94. The molecule has 0 radical (unpaired) electrons. The highest BCUT2D eigenvalue weighted by atomic mass is 35.5. The van der Waals surface area contributed by atoms with Crippen molar-refractivity contribution >= 4 is 11.6 Å². The number of rotatable bonds is 5. The van der Waals surface area contributed by atoms with Gasteiger partial charge in [-0.05, 0) is 18.4 Å². The summed E-state index contributed by atoms with van der Waals surface area (Å²) >= 11 is 5.94. The maximum absolute atomic E-state index is 5.94. The largest absolute Gasteiger partial charge is 0.374 e. The molecule has 2 nitrogen and oxygen atoms in total. The van der Waals surface area contributed by atoms with Gasteiger partial charge in [-0.15, -0.1) is 11.6 Å². The molecule has 0 aromatic heterocycles. The predicted molar refractivity (Wildman–Crippen MR) is 64.7 cm³/mol. The van der Waals surface area contributed by atoms with Crippen LogP contribution in [0.1, 0.15) is 18.4 Å². The van der Waals surface area contributed by atoms with Gasteiger partial charge in [0, 0.05) is 6.61 Å². The maximum atomic E-state index is 5.94. The quantitative estimate of drug-likeness (QED) is 0.737. The zero-order valence-electron chi connectivity index (χ0n) is 9.32. The SMILES string of the molecule is ClC[C@@]1(COCc2ccccc2)CCCO1. The van der Waals surface area contributed by atoms with Crippen LogP contribution in [0.5, 0.6) is 0 Å². The molecule has 1 atom stereocenters. The third-order valence-corrected chi connectivity index (χ3v) is 3.39. The van der Waals surface area contributed by atoms with E-state index >= 15 is 0 Å². The van der Waals surface area contributed by atoms with E-state index in [1.54, 1.807) is 0 Å². The van der Waals surface area contributed by atoms with E-state index in [1.165, 1.54) is 5.56 Å². The molecule has 1 aliphatic rings. The van der Waals surface area contributed by atoms with Gasteiger partial charge in [-0.3, -0.25) is 0 Å². The summed E-state index contributed by atoms with van der Waals surface area (Å²) in [6.07, 6.45) is 2.09. The smallest absolute Gasteiger partial charge is 0.105 e. The van der Waals surface area contributed by atoms with Gasteiger partial charge >= 0.3 is 0 Å². The lowest BCUT2D eigenvalue weighted by Crippen LogP contribution is -2.35. The first-order chi connectivity index (χ1) is 7.85. The lowest BCUT2D eigenvalue weighted by Gasteiger charge is -2.25. The van der Waals surface area contributed by atoms with Gasteiger partial charge in [0.25, 0.3) is 0 Å². The first-order valence-electron chi connectivity index (χ1n) is 5.66. The van der Waals surface area contributed by atoms with Gasteiger partial charge in [-0.2, -0.15) is 0 Å². The molecule has 2 rings (SSSR count). The molecule has 1 heterocycles. The van der Waals surface area contributed by atoms with E-state index in [9.17, 15) is 0 Å². The number of benzene rings is 1. The highest BCUT2D eigenvalue weighted by Gasteiger charge is 2.34. The molecule has 1 fully saturated rings. The lowest BCUT2D eigenvalue weighted by atomic mass is 10.0. The van der Waals surface area contributed by atoms with Crippen molar-refractivity contribution in [3.63, 3.8) is 0 Å². The van der Waals surface area contributed by atoms with Gasteiger partial charge in [0.05, 0.1) is 19.1 Å². The molecule has 1 aromatic carbocycles. The van der Waals surface area contributed by atoms with Crippen molar-refractivity contribution < 1.29 is 9.47 Å². The van der Waals surface area contributed by atoms with Crippen molar-refractivity contribution in [1.29, 1.82) is 0 Å². The summed E-state index contributed by atoms with van der Waals surface area (Å²) in [6.45, 7) is 2.02. The van der Waals surface area contributed by atoms with Gasteiger partial charge in [-0.25, -0.2) is 0 Å². The summed E-state index contributed by atoms with van der Waals surface area (Å²) in [4.78, 5) is 0. The molecule has 1 saturated heterocycles. The Labute approximate surface area is 102 Å². The topological polar surface area (TPSA) is 18.5 Å². The monoisotopic (exact) mass is 240 g/mol. The molecular formula is C13H17ClO2. The number of hydrogen-bond acceptors (Lipinski definition) is 2. The van der Waals surface area contributed by atoms with Crippen LogP contribution in [0.4, 0.5) is 0 Å². The molecule has 0 saturated carbocycles. The van der Waals surface area contributed by atoms with E-state index in [2.05, 4.69) is 12.1 Å². The van der Waals surface area contributed by atoms with E-state index in [4.69, 9.17) is 21.1 Å². The maximum Gasteiger partial charge on any atom is 0.105 e. The average Bonchev–Trinajstić information content (AvgIpc) is 2.80. The van der Waals surface area contributed by atoms with Crippen LogP contribution in [0.25, 0.3) is 0 Å². The van der Waals surface area contributed by atoms with Crippen LogP contribution in [-0.4, -0.2) is 24.7 Å². The van der Waals surface area contributed by atoms with Crippen LogP contribution in [0.3, 0.4) is 0 Å². The summed E-state index contributed by atoms with van der Waals surface area (Å²) in [5, 5.41) is 0. The molecule has 0 amide bonds. The Hall–Kier alpha value is -0.570. The second-order valence-electron chi connectivity index (χ2n) is 4.25. The first-order valence-corrected chi connectivity index (χ1v) is 6.20. The predicted octanol–water partition coefficient (Wildman–Crippen LogP) is 2.99. The molecule has 0 bridgehead atoms. The first kappa shape index (κ1) is 11.9. The highest BCUT2D eigenvalue weighted by molar-refractivity contribution is 6.18. The molecule has 1 aromatic rings. The van der Waals surface area contributed by atoms with Gasteiger partial charge in [0.15, 0.2) is 0 Å². The Morgan fingerprint density at radius 1 is 1.31 bits per heavy atom. The number of ether oxygens (including phenoxy) is 2. The van der Waals surface area contributed by atoms with Crippen LogP contribution in [0.2, 0.25) is 0 Å². The molecule has 0 N–H and O–H groups in total. The van der Waals surface area contributed by atoms with Gasteiger partial charge in [0.1, 0.15) is 5.60 Å². The molecule has 1 aliphatic heterocycles. The van der Waals surface area contributed by atoms with Crippen molar-refractivity contribution in [2.75, 3.05) is 19.1 Å². The van der Waals surface area contributed by atoms with Gasteiger partial charge in [0.2, 0.25) is 0 Å². The molecule has 0 aliphatic carbocycles. The molecule has 0 unspecified atom stereocenters. The second-order valence-corrected chi connectivity index (χ2v) is 4.51. The Balaban J connectivity index is 1.79. The van der Waals surface area contributed by atoms with E-state index in [1.807, 2.05) is 18.2 Å². The third-order valence-electron chi connectivity index (χ3n) is 2.91. The van der Waals surface area contributed by atoms with Crippen LogP contribution in [0, 0.1) is 0 Å². The summed E-state index contributed by atoms with van der Waals surface area (Å²) in [5.41, 5.74) is 0.946. The summed E-state index contributed by atoms with van der Waals surface area (Å²) in [7, 11) is 0. The van der Waals surface area contributed by atoms with Crippen LogP contribution >= 0.6 is 11.6 Å². The number of halogens is 1. The highest BCUT2D eigenvalue weighted by Crippen LogP contribution is 2.27. The molecule has 16 heavy (non-hydrogen) atoms. The van der Waals surface area contributed by atoms with Crippen molar-refractivity contribution in [2.24, 2.45) is 0 Å². The van der Waals surface area contributed by atoms with Crippen LogP contribution in [-0.2, 0) is 16.1 Å². The van der Waals surface area contributed by atoms with E-state index in [-0.39, 0.29) is 5.60 Å². The van der Waals surface area contributed by atoms with Crippen molar-refractivity contribution in [1.82, 2.24) is 0 Å². The summed E-state index contributed by atoms with van der Waals surface area (Å²) in [5.74, 6) is 0.516. The molecule has 88 valence electrons. The Morgan fingerprint density at radius 2 is 2.12 bits per heavy atom. The summed E-state index contributed by atoms with van der Waals surface area (Å²) in [6, 6.07) is 10.2. The number of hydrogen-bond donors (Lipinski definition) is 0.